The smallest absolute Gasteiger partial charge is 0.438 e. The second kappa shape index (κ2) is 4.08. The lowest BCUT2D eigenvalue weighted by atomic mass is 10.4. The molecule has 0 saturated carbocycles. The van der Waals surface area contributed by atoms with Crippen LogP contribution >= 0.6 is 0 Å². The fourth-order valence-corrected chi connectivity index (χ4v) is 1.17. The van der Waals surface area contributed by atoms with Crippen LogP contribution in [0.3, 0.4) is 0 Å². The third-order valence-corrected chi connectivity index (χ3v) is 1.67. The number of rotatable bonds is 2. The van der Waals surface area contributed by atoms with E-state index in [1.165, 1.54) is 0 Å². The first-order valence-electron chi connectivity index (χ1n) is 4.34. The van der Waals surface area contributed by atoms with Crippen molar-refractivity contribution in [1.29, 1.82) is 0 Å². The summed E-state index contributed by atoms with van der Waals surface area (Å²) in [5.74, 6) is 0.642. The highest BCUT2D eigenvalue weighted by atomic mass is 16.6. The van der Waals surface area contributed by atoms with Gasteiger partial charge in [-0.25, -0.2) is 4.79 Å². The van der Waals surface area contributed by atoms with Crippen LogP contribution in [-0.2, 0) is 4.74 Å². The zero-order valence-electron chi connectivity index (χ0n) is 8.81. The van der Waals surface area contributed by atoms with Crippen molar-refractivity contribution in [2.24, 2.45) is 0 Å². The SMILES string of the molecule is CCOC(=O)n1nnc(C)c1N(C)C. The Balaban J connectivity index is 3.02. The monoisotopic (exact) mass is 198 g/mol. The standard InChI is InChI=1S/C8H14N4O2/c1-5-14-8(13)12-7(11(3)4)6(2)9-10-12/h5H2,1-4H3. The minimum absolute atomic E-state index is 0.324. The predicted molar refractivity (Wildman–Crippen MR) is 51.5 cm³/mol. The summed E-state index contributed by atoms with van der Waals surface area (Å²) in [6.07, 6.45) is -0.503. The molecule has 0 aromatic carbocycles. The molecule has 0 aliphatic rings. The summed E-state index contributed by atoms with van der Waals surface area (Å²) in [6, 6.07) is 0. The fourth-order valence-electron chi connectivity index (χ4n) is 1.17. The molecule has 6 nitrogen and oxygen atoms in total. The summed E-state index contributed by atoms with van der Waals surface area (Å²) in [6.45, 7) is 3.86. The molecule has 0 atom stereocenters. The number of ether oxygens (including phenoxy) is 1. The highest BCUT2D eigenvalue weighted by Gasteiger charge is 2.17. The third-order valence-electron chi connectivity index (χ3n) is 1.67. The lowest BCUT2D eigenvalue weighted by Gasteiger charge is -2.13. The number of carbonyl (C=O) groups excluding carboxylic acids is 1. The van der Waals surface area contributed by atoms with Gasteiger partial charge in [0.25, 0.3) is 0 Å². The van der Waals surface area contributed by atoms with E-state index < -0.39 is 6.09 Å². The molecular formula is C8H14N4O2. The molecule has 6 heteroatoms. The van der Waals surface area contributed by atoms with Crippen molar-refractivity contribution < 1.29 is 9.53 Å². The average molecular weight is 198 g/mol. The van der Waals surface area contributed by atoms with E-state index in [9.17, 15) is 4.79 Å². The number of nitrogens with zero attached hydrogens (tertiary/aromatic N) is 4. The minimum Gasteiger partial charge on any atom is -0.448 e. The van der Waals surface area contributed by atoms with Crippen molar-refractivity contribution in [3.63, 3.8) is 0 Å². The molecule has 0 N–H and O–H groups in total. The molecule has 0 radical (unpaired) electrons. The van der Waals surface area contributed by atoms with Gasteiger partial charge in [0, 0.05) is 14.1 Å². The Morgan fingerprint density at radius 3 is 2.71 bits per heavy atom. The van der Waals surface area contributed by atoms with E-state index in [0.29, 0.717) is 18.1 Å². The molecule has 0 aliphatic heterocycles. The first-order valence-corrected chi connectivity index (χ1v) is 4.34. The molecule has 1 aromatic heterocycles. The quantitative estimate of drug-likeness (QED) is 0.698. The van der Waals surface area contributed by atoms with Crippen LogP contribution in [-0.4, -0.2) is 41.8 Å². The Morgan fingerprint density at radius 1 is 1.57 bits per heavy atom. The molecule has 0 saturated heterocycles. The molecule has 0 unspecified atom stereocenters. The molecule has 0 spiro atoms. The summed E-state index contributed by atoms with van der Waals surface area (Å²) >= 11 is 0. The van der Waals surface area contributed by atoms with E-state index in [0.717, 1.165) is 4.68 Å². The van der Waals surface area contributed by atoms with E-state index in [1.54, 1.807) is 18.7 Å². The van der Waals surface area contributed by atoms with E-state index in [1.807, 2.05) is 14.1 Å². The first kappa shape index (κ1) is 10.5. The van der Waals surface area contributed by atoms with Crippen molar-refractivity contribution in [2.45, 2.75) is 13.8 Å². The van der Waals surface area contributed by atoms with E-state index in [-0.39, 0.29) is 0 Å². The van der Waals surface area contributed by atoms with E-state index >= 15 is 0 Å². The van der Waals surface area contributed by atoms with Gasteiger partial charge in [0.2, 0.25) is 0 Å². The highest BCUT2D eigenvalue weighted by Crippen LogP contribution is 2.14. The van der Waals surface area contributed by atoms with E-state index in [2.05, 4.69) is 10.3 Å². The summed E-state index contributed by atoms with van der Waals surface area (Å²) in [5, 5.41) is 7.52. The number of hydrogen-bond acceptors (Lipinski definition) is 5. The summed E-state index contributed by atoms with van der Waals surface area (Å²) in [4.78, 5) is 13.2. The molecular weight excluding hydrogens is 184 g/mol. The molecule has 0 fully saturated rings. The van der Waals surface area contributed by atoms with Crippen LogP contribution in [0.2, 0.25) is 0 Å². The van der Waals surface area contributed by atoms with Gasteiger partial charge >= 0.3 is 6.09 Å². The zero-order valence-corrected chi connectivity index (χ0v) is 8.81. The second-order valence-electron chi connectivity index (χ2n) is 3.00. The maximum Gasteiger partial charge on any atom is 0.438 e. The Bertz CT molecular complexity index is 332. The molecule has 1 rings (SSSR count). The number of aromatic nitrogens is 3. The van der Waals surface area contributed by atoms with Crippen molar-refractivity contribution in [3.05, 3.63) is 5.69 Å². The second-order valence-corrected chi connectivity index (χ2v) is 3.00. The maximum absolute atomic E-state index is 11.4. The Kier molecular flexibility index (Phi) is 3.06. The van der Waals surface area contributed by atoms with Gasteiger partial charge in [-0.15, -0.1) is 9.78 Å². The first-order chi connectivity index (χ1) is 6.57. The van der Waals surface area contributed by atoms with Crippen molar-refractivity contribution >= 4 is 11.9 Å². The fraction of sp³-hybridized carbons (Fsp3) is 0.625. The van der Waals surface area contributed by atoms with Crippen molar-refractivity contribution in [1.82, 2.24) is 15.0 Å². The van der Waals surface area contributed by atoms with Gasteiger partial charge in [-0.3, -0.25) is 0 Å². The van der Waals surface area contributed by atoms with Crippen LogP contribution < -0.4 is 4.90 Å². The van der Waals surface area contributed by atoms with Gasteiger partial charge in [-0.1, -0.05) is 5.21 Å². The van der Waals surface area contributed by atoms with Gasteiger partial charge in [-0.05, 0) is 13.8 Å². The van der Waals surface area contributed by atoms with Crippen LogP contribution in [0.5, 0.6) is 0 Å². The summed E-state index contributed by atoms with van der Waals surface area (Å²) < 4.78 is 5.98. The van der Waals surface area contributed by atoms with Gasteiger partial charge in [-0.2, -0.15) is 0 Å². The molecule has 0 aliphatic carbocycles. The molecule has 0 bridgehead atoms. The van der Waals surface area contributed by atoms with Crippen LogP contribution in [0.4, 0.5) is 10.6 Å². The summed E-state index contributed by atoms with van der Waals surface area (Å²) in [5.41, 5.74) is 0.697. The van der Waals surface area contributed by atoms with Crippen LogP contribution in [0, 0.1) is 6.92 Å². The maximum atomic E-state index is 11.4. The molecule has 78 valence electrons. The lowest BCUT2D eigenvalue weighted by molar-refractivity contribution is 0.150. The van der Waals surface area contributed by atoms with Crippen LogP contribution in [0.1, 0.15) is 12.6 Å². The predicted octanol–water partition coefficient (Wildman–Crippen LogP) is 0.657. The average Bonchev–Trinajstić information content (AvgIpc) is 2.47. The van der Waals surface area contributed by atoms with Gasteiger partial charge in [0.05, 0.1) is 6.61 Å². The topological polar surface area (TPSA) is 60.3 Å². The molecule has 1 heterocycles. The van der Waals surface area contributed by atoms with Gasteiger partial charge < -0.3 is 9.64 Å². The van der Waals surface area contributed by atoms with Crippen molar-refractivity contribution in [2.75, 3.05) is 25.6 Å². The van der Waals surface area contributed by atoms with E-state index in [4.69, 9.17) is 4.74 Å². The normalized spacial score (nSPS) is 10.0. The molecule has 14 heavy (non-hydrogen) atoms. The number of hydrogen-bond donors (Lipinski definition) is 0. The Labute approximate surface area is 82.5 Å². The number of aryl methyl sites for hydroxylation is 1. The van der Waals surface area contributed by atoms with Crippen LogP contribution in [0.25, 0.3) is 0 Å². The largest absolute Gasteiger partial charge is 0.448 e. The van der Waals surface area contributed by atoms with Crippen LogP contribution in [0.15, 0.2) is 0 Å². The highest BCUT2D eigenvalue weighted by molar-refractivity contribution is 5.74. The Hall–Kier alpha value is -1.59. The number of anilines is 1. The van der Waals surface area contributed by atoms with Gasteiger partial charge in [0.1, 0.15) is 5.69 Å². The van der Waals surface area contributed by atoms with Crippen molar-refractivity contribution in [3.8, 4) is 0 Å². The lowest BCUT2D eigenvalue weighted by Crippen LogP contribution is -2.22. The zero-order chi connectivity index (χ0) is 10.7. The van der Waals surface area contributed by atoms with Gasteiger partial charge in [0.15, 0.2) is 5.82 Å². The molecule has 0 amide bonds. The molecule has 1 aromatic rings. The minimum atomic E-state index is -0.503. The number of carbonyl (C=O) groups is 1. The summed E-state index contributed by atoms with van der Waals surface area (Å²) in [7, 11) is 3.64. The third kappa shape index (κ3) is 1.84. The Morgan fingerprint density at radius 2 is 2.21 bits per heavy atom.